The van der Waals surface area contributed by atoms with E-state index in [9.17, 15) is 4.79 Å². The Bertz CT molecular complexity index is 265. The maximum atomic E-state index is 10.1. The van der Waals surface area contributed by atoms with Gasteiger partial charge in [-0.05, 0) is 18.9 Å². The van der Waals surface area contributed by atoms with E-state index in [4.69, 9.17) is 9.84 Å². The van der Waals surface area contributed by atoms with E-state index in [-0.39, 0.29) is 5.82 Å². The number of nitrogens with zero attached hydrogens (tertiary/aromatic N) is 2. The predicted molar refractivity (Wildman–Crippen MR) is 49.0 cm³/mol. The summed E-state index contributed by atoms with van der Waals surface area (Å²) in [6.07, 6.45) is 5.33. The molecule has 1 aliphatic rings. The molecule has 5 heteroatoms. The van der Waals surface area contributed by atoms with Crippen molar-refractivity contribution in [3.8, 4) is 0 Å². The van der Waals surface area contributed by atoms with Crippen LogP contribution in [0.1, 0.15) is 23.5 Å². The Morgan fingerprint density at radius 1 is 1.29 bits per heavy atom. The van der Waals surface area contributed by atoms with Crippen molar-refractivity contribution in [2.24, 2.45) is 0 Å². The van der Waals surface area contributed by atoms with Crippen molar-refractivity contribution in [1.82, 2.24) is 9.97 Å². The molecule has 2 rings (SSSR count). The van der Waals surface area contributed by atoms with E-state index in [0.717, 1.165) is 13.2 Å². The van der Waals surface area contributed by atoms with Crippen LogP contribution >= 0.6 is 0 Å². The third-order valence-corrected chi connectivity index (χ3v) is 1.58. The Morgan fingerprint density at radius 2 is 1.86 bits per heavy atom. The molecule has 0 unspecified atom stereocenters. The first-order valence-corrected chi connectivity index (χ1v) is 4.39. The number of carbonyl (C=O) groups is 1. The van der Waals surface area contributed by atoms with Crippen LogP contribution in [0, 0.1) is 0 Å². The summed E-state index contributed by atoms with van der Waals surface area (Å²) >= 11 is 0. The van der Waals surface area contributed by atoms with Crippen molar-refractivity contribution >= 4 is 5.97 Å². The average molecular weight is 196 g/mol. The zero-order chi connectivity index (χ0) is 10.2. The molecule has 0 aliphatic carbocycles. The maximum Gasteiger partial charge on any atom is 0.373 e. The lowest BCUT2D eigenvalue weighted by atomic mass is 10.4. The lowest BCUT2D eigenvalue weighted by Crippen LogP contribution is -2.01. The van der Waals surface area contributed by atoms with Crippen LogP contribution in [0.3, 0.4) is 0 Å². The van der Waals surface area contributed by atoms with Crippen molar-refractivity contribution in [2.75, 3.05) is 13.2 Å². The number of carboxylic acids is 1. The molecule has 0 bridgehead atoms. The van der Waals surface area contributed by atoms with Gasteiger partial charge in [0, 0.05) is 25.6 Å². The van der Waals surface area contributed by atoms with Crippen molar-refractivity contribution in [3.63, 3.8) is 0 Å². The summed E-state index contributed by atoms with van der Waals surface area (Å²) in [5, 5.41) is 8.26. The van der Waals surface area contributed by atoms with E-state index in [1.54, 1.807) is 6.07 Å². The quantitative estimate of drug-likeness (QED) is 0.724. The Hall–Kier alpha value is -1.49. The largest absolute Gasteiger partial charge is 0.475 e. The topological polar surface area (TPSA) is 72.3 Å². The summed E-state index contributed by atoms with van der Waals surface area (Å²) in [6.45, 7) is 2.00. The standard InChI is InChI=1S/C5H4N2O2.C4H8O/c8-5(9)4-6-2-1-3-7-4;1-2-4-5-3-1/h1-3H,(H,8,9);1-4H2. The number of hydrogen-bond acceptors (Lipinski definition) is 4. The molecule has 76 valence electrons. The van der Waals surface area contributed by atoms with Gasteiger partial charge in [0.2, 0.25) is 5.82 Å². The van der Waals surface area contributed by atoms with Gasteiger partial charge < -0.3 is 9.84 Å². The van der Waals surface area contributed by atoms with E-state index < -0.39 is 5.97 Å². The number of aromatic nitrogens is 2. The smallest absolute Gasteiger partial charge is 0.373 e. The molecule has 1 aromatic rings. The van der Waals surface area contributed by atoms with Crippen LogP contribution in [0.25, 0.3) is 0 Å². The van der Waals surface area contributed by atoms with Crippen LogP contribution in [0.5, 0.6) is 0 Å². The summed E-state index contributed by atoms with van der Waals surface area (Å²) in [5.41, 5.74) is 0. The summed E-state index contributed by atoms with van der Waals surface area (Å²) in [5.74, 6) is -1.27. The van der Waals surface area contributed by atoms with Crippen LogP contribution in [-0.2, 0) is 4.74 Å². The third kappa shape index (κ3) is 3.95. The Balaban J connectivity index is 0.000000165. The third-order valence-electron chi connectivity index (χ3n) is 1.58. The van der Waals surface area contributed by atoms with Gasteiger partial charge in [0.25, 0.3) is 0 Å². The molecule has 5 nitrogen and oxygen atoms in total. The normalized spacial score (nSPS) is 14.3. The van der Waals surface area contributed by atoms with Gasteiger partial charge in [-0.1, -0.05) is 0 Å². The van der Waals surface area contributed by atoms with Gasteiger partial charge in [-0.2, -0.15) is 0 Å². The summed E-state index contributed by atoms with van der Waals surface area (Å²) in [6, 6.07) is 1.56. The Kier molecular flexibility index (Phi) is 4.57. The molecule has 1 aliphatic heterocycles. The molecule has 1 saturated heterocycles. The zero-order valence-electron chi connectivity index (χ0n) is 7.72. The number of aromatic carboxylic acids is 1. The van der Waals surface area contributed by atoms with Crippen LogP contribution in [0.2, 0.25) is 0 Å². The van der Waals surface area contributed by atoms with Gasteiger partial charge in [0.15, 0.2) is 0 Å². The fourth-order valence-electron chi connectivity index (χ4n) is 0.920. The Morgan fingerprint density at radius 3 is 2.14 bits per heavy atom. The molecule has 0 amide bonds. The van der Waals surface area contributed by atoms with E-state index in [1.165, 1.54) is 25.2 Å². The van der Waals surface area contributed by atoms with Crippen molar-refractivity contribution in [1.29, 1.82) is 0 Å². The van der Waals surface area contributed by atoms with E-state index in [0.29, 0.717) is 0 Å². The average Bonchev–Trinajstić information content (AvgIpc) is 2.77. The number of ether oxygens (including phenoxy) is 1. The maximum absolute atomic E-state index is 10.1. The van der Waals surface area contributed by atoms with Gasteiger partial charge in [0.05, 0.1) is 0 Å². The molecule has 0 aromatic carbocycles. The molecule has 1 aromatic heterocycles. The van der Waals surface area contributed by atoms with E-state index >= 15 is 0 Å². The minimum Gasteiger partial charge on any atom is -0.475 e. The van der Waals surface area contributed by atoms with Gasteiger partial charge >= 0.3 is 5.97 Å². The molecule has 0 radical (unpaired) electrons. The van der Waals surface area contributed by atoms with Gasteiger partial charge in [-0.25, -0.2) is 14.8 Å². The highest BCUT2D eigenvalue weighted by Gasteiger charge is 2.01. The highest BCUT2D eigenvalue weighted by molar-refractivity contribution is 5.82. The molecular formula is C9H12N2O3. The molecule has 1 N–H and O–H groups in total. The fraction of sp³-hybridized carbons (Fsp3) is 0.444. The fourth-order valence-corrected chi connectivity index (χ4v) is 0.920. The van der Waals surface area contributed by atoms with Crippen LogP contribution in [0.15, 0.2) is 18.5 Å². The number of carboxylic acid groups (broad SMARTS) is 1. The van der Waals surface area contributed by atoms with E-state index in [2.05, 4.69) is 9.97 Å². The molecule has 0 atom stereocenters. The molecule has 0 saturated carbocycles. The first kappa shape index (κ1) is 10.6. The lowest BCUT2D eigenvalue weighted by Gasteiger charge is -1.86. The monoisotopic (exact) mass is 196 g/mol. The SMILES string of the molecule is C1CCOC1.O=C(O)c1ncccn1. The summed E-state index contributed by atoms with van der Waals surface area (Å²) in [7, 11) is 0. The van der Waals surface area contributed by atoms with Crippen LogP contribution < -0.4 is 0 Å². The number of hydrogen-bond donors (Lipinski definition) is 1. The van der Waals surface area contributed by atoms with E-state index in [1.807, 2.05) is 0 Å². The minimum absolute atomic E-state index is 0.169. The minimum atomic E-state index is -1.10. The highest BCUT2D eigenvalue weighted by Crippen LogP contribution is 1.98. The summed E-state index contributed by atoms with van der Waals surface area (Å²) < 4.78 is 4.94. The lowest BCUT2D eigenvalue weighted by molar-refractivity contribution is 0.0683. The van der Waals surface area contributed by atoms with Crippen molar-refractivity contribution in [3.05, 3.63) is 24.3 Å². The first-order chi connectivity index (χ1) is 6.80. The molecular weight excluding hydrogens is 184 g/mol. The predicted octanol–water partition coefficient (Wildman–Crippen LogP) is 0.972. The molecule has 14 heavy (non-hydrogen) atoms. The number of rotatable bonds is 1. The second-order valence-corrected chi connectivity index (χ2v) is 2.70. The first-order valence-electron chi connectivity index (χ1n) is 4.39. The molecule has 1 fully saturated rings. The second-order valence-electron chi connectivity index (χ2n) is 2.70. The van der Waals surface area contributed by atoms with Gasteiger partial charge in [-0.15, -0.1) is 0 Å². The van der Waals surface area contributed by atoms with Crippen LogP contribution in [0.4, 0.5) is 0 Å². The van der Waals surface area contributed by atoms with Gasteiger partial charge in [-0.3, -0.25) is 0 Å². The molecule has 2 heterocycles. The second kappa shape index (κ2) is 6.04. The van der Waals surface area contributed by atoms with Crippen molar-refractivity contribution in [2.45, 2.75) is 12.8 Å². The summed E-state index contributed by atoms with van der Waals surface area (Å²) in [4.78, 5) is 17.0. The van der Waals surface area contributed by atoms with Crippen LogP contribution in [-0.4, -0.2) is 34.3 Å². The molecule has 0 spiro atoms. The Labute approximate surface area is 81.8 Å². The van der Waals surface area contributed by atoms with Gasteiger partial charge in [0.1, 0.15) is 0 Å². The highest BCUT2D eigenvalue weighted by atomic mass is 16.5. The zero-order valence-corrected chi connectivity index (χ0v) is 7.72. The van der Waals surface area contributed by atoms with Crippen molar-refractivity contribution < 1.29 is 14.6 Å².